The molecule has 0 aromatic heterocycles. The normalized spacial score (nSPS) is 13.3. The fourth-order valence-corrected chi connectivity index (χ4v) is 5.53. The number of hydrogen-bond acceptors (Lipinski definition) is 4. The van der Waals surface area contributed by atoms with Crippen molar-refractivity contribution in [2.45, 2.75) is 206 Å². The molecule has 0 bridgehead atoms. The van der Waals surface area contributed by atoms with Crippen LogP contribution in [-0.4, -0.2) is 41.4 Å². The predicted molar refractivity (Wildman–Crippen MR) is 178 cm³/mol. The number of aliphatic hydroxyl groups is 2. The fraction of sp³-hybridized carbons (Fsp3) is 0.919. The van der Waals surface area contributed by atoms with E-state index in [1.807, 2.05) is 0 Å². The second kappa shape index (κ2) is 33.8. The number of carbonyl (C=O) groups excluding carboxylic acids is 1. The van der Waals surface area contributed by atoms with Crippen LogP contribution in [0.5, 0.6) is 0 Å². The molecule has 4 heteroatoms. The third-order valence-corrected chi connectivity index (χ3v) is 8.33. The van der Waals surface area contributed by atoms with Crippen LogP contribution in [0.1, 0.15) is 194 Å². The molecule has 2 N–H and O–H groups in total. The molecule has 0 aromatic rings. The van der Waals surface area contributed by atoms with E-state index in [2.05, 4.69) is 26.0 Å². The molecule has 0 aliphatic heterocycles. The van der Waals surface area contributed by atoms with Gasteiger partial charge in [-0.3, -0.25) is 4.79 Å². The van der Waals surface area contributed by atoms with Crippen LogP contribution in [-0.2, 0) is 9.53 Å². The van der Waals surface area contributed by atoms with Crippen molar-refractivity contribution in [1.82, 2.24) is 0 Å². The number of unbranched alkanes of at least 4 members (excludes halogenated alkanes) is 24. The Morgan fingerprint density at radius 1 is 0.561 bits per heavy atom. The van der Waals surface area contributed by atoms with Gasteiger partial charge in [0.05, 0.1) is 6.61 Å². The molecular formula is C37H72O4. The molecule has 0 saturated carbocycles. The summed E-state index contributed by atoms with van der Waals surface area (Å²) in [6, 6.07) is 0. The van der Waals surface area contributed by atoms with Gasteiger partial charge in [0, 0.05) is 13.0 Å². The monoisotopic (exact) mass is 581 g/mol. The minimum absolute atomic E-state index is 0.0563. The fourth-order valence-electron chi connectivity index (χ4n) is 5.53. The number of ether oxygens (including phenoxy) is 1. The van der Waals surface area contributed by atoms with Crippen LogP contribution in [0.15, 0.2) is 12.2 Å². The molecule has 0 aliphatic carbocycles. The second-order valence-corrected chi connectivity index (χ2v) is 12.4. The molecule has 0 rings (SSSR count). The van der Waals surface area contributed by atoms with Crippen molar-refractivity contribution in [1.29, 1.82) is 0 Å². The number of rotatable bonds is 34. The summed E-state index contributed by atoms with van der Waals surface area (Å²) in [5, 5.41) is 19.5. The lowest BCUT2D eigenvalue weighted by Crippen LogP contribution is -2.39. The van der Waals surface area contributed by atoms with Crippen molar-refractivity contribution in [3.05, 3.63) is 12.2 Å². The number of aliphatic hydroxyl groups excluding tert-OH is 2. The predicted octanol–water partition coefficient (Wildman–Crippen LogP) is 10.8. The topological polar surface area (TPSA) is 66.8 Å². The molecule has 0 amide bonds. The molecule has 2 unspecified atom stereocenters. The molecule has 0 heterocycles. The summed E-state index contributed by atoms with van der Waals surface area (Å²) < 4.78 is 5.77. The van der Waals surface area contributed by atoms with Crippen LogP contribution in [0, 0.1) is 0 Å². The van der Waals surface area contributed by atoms with Gasteiger partial charge in [0.1, 0.15) is 12.2 Å². The summed E-state index contributed by atoms with van der Waals surface area (Å²) in [5.41, 5.74) is 0. The smallest absolute Gasteiger partial charge is 0.164 e. The Kier molecular flexibility index (Phi) is 33.2. The minimum atomic E-state index is -1.11. The van der Waals surface area contributed by atoms with Crippen molar-refractivity contribution in [3.8, 4) is 0 Å². The van der Waals surface area contributed by atoms with Crippen molar-refractivity contribution >= 4 is 5.78 Å². The standard InChI is InChI=1S/C37H72O4/c1-3-5-7-9-11-13-15-17-18-19-21-23-25-27-29-31-33-41-37(36(40)34-38)35(39)32-30-28-26-24-22-20-16-14-12-10-8-6-4-2/h17-18,36-38,40H,3-16,19-34H2,1-2H3. The van der Waals surface area contributed by atoms with Crippen molar-refractivity contribution in [2.24, 2.45) is 0 Å². The van der Waals surface area contributed by atoms with Gasteiger partial charge in [-0.15, -0.1) is 0 Å². The van der Waals surface area contributed by atoms with Gasteiger partial charge in [-0.25, -0.2) is 0 Å². The summed E-state index contributed by atoms with van der Waals surface area (Å²) in [6.45, 7) is 4.59. The Morgan fingerprint density at radius 2 is 0.927 bits per heavy atom. The summed E-state index contributed by atoms with van der Waals surface area (Å²) in [7, 11) is 0. The lowest BCUT2D eigenvalue weighted by atomic mass is 10.0. The Labute approximate surface area is 256 Å². The van der Waals surface area contributed by atoms with Crippen LogP contribution in [0.2, 0.25) is 0 Å². The van der Waals surface area contributed by atoms with E-state index < -0.39 is 18.8 Å². The Morgan fingerprint density at radius 3 is 1.34 bits per heavy atom. The molecule has 0 radical (unpaired) electrons. The molecule has 2 atom stereocenters. The maximum absolute atomic E-state index is 12.6. The molecule has 41 heavy (non-hydrogen) atoms. The summed E-state index contributed by atoms with van der Waals surface area (Å²) in [5.74, 6) is -0.0563. The molecule has 0 spiro atoms. The van der Waals surface area contributed by atoms with Gasteiger partial charge >= 0.3 is 0 Å². The van der Waals surface area contributed by atoms with E-state index in [9.17, 15) is 15.0 Å². The van der Waals surface area contributed by atoms with Gasteiger partial charge in [-0.05, 0) is 38.5 Å². The SMILES string of the molecule is CCCCCCCCC=CCCCCCCCCOC(C(=O)CCCCCCCCCCCCCCC)C(O)CO. The first-order valence-electron chi connectivity index (χ1n) is 18.3. The molecule has 0 fully saturated rings. The summed E-state index contributed by atoms with van der Waals surface area (Å²) >= 11 is 0. The van der Waals surface area contributed by atoms with Crippen LogP contribution >= 0.6 is 0 Å². The number of hydrogen-bond donors (Lipinski definition) is 2. The Balaban J connectivity index is 3.67. The third-order valence-electron chi connectivity index (χ3n) is 8.33. The van der Waals surface area contributed by atoms with E-state index in [1.165, 1.54) is 148 Å². The van der Waals surface area contributed by atoms with Crippen molar-refractivity contribution in [2.75, 3.05) is 13.2 Å². The first-order chi connectivity index (χ1) is 20.2. The highest BCUT2D eigenvalue weighted by Gasteiger charge is 2.26. The molecule has 0 aromatic carbocycles. The summed E-state index contributed by atoms with van der Waals surface area (Å²) in [4.78, 5) is 12.6. The van der Waals surface area contributed by atoms with Gasteiger partial charge in [0.2, 0.25) is 0 Å². The zero-order valence-corrected chi connectivity index (χ0v) is 27.7. The van der Waals surface area contributed by atoms with Crippen molar-refractivity contribution < 1.29 is 19.7 Å². The first kappa shape index (κ1) is 40.3. The number of allylic oxidation sites excluding steroid dienone is 2. The molecule has 0 saturated heterocycles. The van der Waals surface area contributed by atoms with E-state index >= 15 is 0 Å². The van der Waals surface area contributed by atoms with Gasteiger partial charge in [0.25, 0.3) is 0 Å². The van der Waals surface area contributed by atoms with E-state index in [4.69, 9.17) is 4.74 Å². The second-order valence-electron chi connectivity index (χ2n) is 12.4. The van der Waals surface area contributed by atoms with E-state index in [-0.39, 0.29) is 5.78 Å². The Bertz CT molecular complexity index is 547. The molecular weight excluding hydrogens is 508 g/mol. The molecule has 0 aliphatic rings. The molecule has 244 valence electrons. The van der Waals surface area contributed by atoms with E-state index in [1.54, 1.807) is 0 Å². The van der Waals surface area contributed by atoms with Gasteiger partial charge in [-0.2, -0.15) is 0 Å². The summed E-state index contributed by atoms with van der Waals surface area (Å²) in [6.07, 6.45) is 37.4. The highest BCUT2D eigenvalue weighted by atomic mass is 16.5. The molecule has 4 nitrogen and oxygen atoms in total. The maximum Gasteiger partial charge on any atom is 0.164 e. The van der Waals surface area contributed by atoms with Gasteiger partial charge < -0.3 is 14.9 Å². The van der Waals surface area contributed by atoms with Crippen molar-refractivity contribution in [3.63, 3.8) is 0 Å². The third kappa shape index (κ3) is 29.2. The van der Waals surface area contributed by atoms with Crippen LogP contribution in [0.25, 0.3) is 0 Å². The van der Waals surface area contributed by atoms with Crippen LogP contribution in [0.3, 0.4) is 0 Å². The number of Topliss-reactive ketones (excluding diaryl/α,β-unsaturated/α-hetero) is 1. The van der Waals surface area contributed by atoms with E-state index in [0.717, 1.165) is 25.7 Å². The highest BCUT2D eigenvalue weighted by molar-refractivity contribution is 5.83. The minimum Gasteiger partial charge on any atom is -0.394 e. The first-order valence-corrected chi connectivity index (χ1v) is 18.3. The average Bonchev–Trinajstić information content (AvgIpc) is 2.98. The largest absolute Gasteiger partial charge is 0.394 e. The van der Waals surface area contributed by atoms with Crippen LogP contribution in [0.4, 0.5) is 0 Å². The zero-order chi connectivity index (χ0) is 30.1. The Hall–Kier alpha value is -0.710. The quantitative estimate of drug-likeness (QED) is 0.0587. The lowest BCUT2D eigenvalue weighted by molar-refractivity contribution is -0.141. The van der Waals surface area contributed by atoms with Gasteiger partial charge in [0.15, 0.2) is 5.78 Å². The van der Waals surface area contributed by atoms with E-state index in [0.29, 0.717) is 13.0 Å². The number of ketones is 1. The highest BCUT2D eigenvalue weighted by Crippen LogP contribution is 2.15. The van der Waals surface area contributed by atoms with Gasteiger partial charge in [-0.1, -0.05) is 161 Å². The van der Waals surface area contributed by atoms with Crippen LogP contribution < -0.4 is 0 Å². The maximum atomic E-state index is 12.6. The average molecular weight is 581 g/mol. The number of carbonyl (C=O) groups is 1. The zero-order valence-electron chi connectivity index (χ0n) is 27.7. The lowest BCUT2D eigenvalue weighted by Gasteiger charge is -2.21.